The van der Waals surface area contributed by atoms with Crippen LogP contribution in [-0.4, -0.2) is 38.2 Å². The predicted octanol–water partition coefficient (Wildman–Crippen LogP) is 0.824. The van der Waals surface area contributed by atoms with Crippen molar-refractivity contribution in [2.45, 2.75) is 36.5 Å². The minimum Gasteiger partial charge on any atom is -0.475 e. The van der Waals surface area contributed by atoms with Crippen LogP contribution >= 0.6 is 0 Å². The highest BCUT2D eigenvalue weighted by Gasteiger charge is 2.42. The van der Waals surface area contributed by atoms with Crippen molar-refractivity contribution in [1.29, 1.82) is 0 Å². The fraction of sp³-hybridized carbons (Fsp3) is 0.583. The molecule has 0 amide bonds. The second-order valence-electron chi connectivity index (χ2n) is 5.11. The molecule has 1 aliphatic heterocycles. The number of carboxylic acids is 1. The van der Waals surface area contributed by atoms with E-state index >= 15 is 0 Å². The quantitative estimate of drug-likeness (QED) is 0.834. The van der Waals surface area contributed by atoms with E-state index in [-0.39, 0.29) is 17.2 Å². The van der Waals surface area contributed by atoms with Crippen LogP contribution < -0.4 is 4.72 Å². The van der Waals surface area contributed by atoms with Gasteiger partial charge in [0.1, 0.15) is 0 Å². The van der Waals surface area contributed by atoms with Gasteiger partial charge in [-0.25, -0.2) is 17.9 Å². The standard InChI is InChI=1S/C12H15NO6S/c14-12(15)9-3-4-10(19-9)20(16,17)13-8-5-6-18-11(8)7-1-2-7/h3-4,7-8,11,13H,1-2,5-6H2,(H,14,15). The summed E-state index contributed by atoms with van der Waals surface area (Å²) in [6.45, 7) is 0.535. The molecule has 1 aromatic heterocycles. The van der Waals surface area contributed by atoms with Gasteiger partial charge < -0.3 is 14.3 Å². The average Bonchev–Trinajstić information content (AvgIpc) is 2.92. The van der Waals surface area contributed by atoms with E-state index in [0.717, 1.165) is 25.0 Å². The van der Waals surface area contributed by atoms with E-state index in [4.69, 9.17) is 14.3 Å². The number of carboxylic acid groups (broad SMARTS) is 1. The first-order chi connectivity index (χ1) is 9.47. The predicted molar refractivity (Wildman–Crippen MR) is 66.9 cm³/mol. The van der Waals surface area contributed by atoms with Crippen LogP contribution in [0, 0.1) is 5.92 Å². The van der Waals surface area contributed by atoms with Crippen molar-refractivity contribution in [3.05, 3.63) is 17.9 Å². The maximum Gasteiger partial charge on any atom is 0.371 e. The molecule has 1 aromatic rings. The van der Waals surface area contributed by atoms with Gasteiger partial charge in [0.25, 0.3) is 10.0 Å². The third-order valence-electron chi connectivity index (χ3n) is 3.59. The molecule has 0 radical (unpaired) electrons. The molecule has 20 heavy (non-hydrogen) atoms. The molecule has 0 bridgehead atoms. The lowest BCUT2D eigenvalue weighted by Gasteiger charge is -2.18. The van der Waals surface area contributed by atoms with Gasteiger partial charge in [0, 0.05) is 6.61 Å². The Kier molecular flexibility index (Phi) is 3.31. The molecule has 8 heteroatoms. The summed E-state index contributed by atoms with van der Waals surface area (Å²) in [6.07, 6.45) is 2.66. The molecule has 7 nitrogen and oxygen atoms in total. The average molecular weight is 301 g/mol. The summed E-state index contributed by atoms with van der Waals surface area (Å²) in [5.41, 5.74) is 0. The molecule has 2 heterocycles. The van der Waals surface area contributed by atoms with Crippen molar-refractivity contribution in [1.82, 2.24) is 4.72 Å². The Morgan fingerprint density at radius 3 is 2.65 bits per heavy atom. The van der Waals surface area contributed by atoms with Gasteiger partial charge in [-0.05, 0) is 37.3 Å². The van der Waals surface area contributed by atoms with Gasteiger partial charge in [-0.2, -0.15) is 0 Å². The fourth-order valence-electron chi connectivity index (χ4n) is 2.46. The van der Waals surface area contributed by atoms with Gasteiger partial charge in [0.2, 0.25) is 10.9 Å². The van der Waals surface area contributed by atoms with Crippen LogP contribution in [0.5, 0.6) is 0 Å². The van der Waals surface area contributed by atoms with Crippen LogP contribution in [0.25, 0.3) is 0 Å². The summed E-state index contributed by atoms with van der Waals surface area (Å²) in [7, 11) is -3.86. The lowest BCUT2D eigenvalue weighted by atomic mass is 10.1. The number of aromatic carboxylic acids is 1. The van der Waals surface area contributed by atoms with Crippen molar-refractivity contribution in [3.63, 3.8) is 0 Å². The number of nitrogens with one attached hydrogen (secondary N) is 1. The van der Waals surface area contributed by atoms with E-state index in [0.29, 0.717) is 18.9 Å². The Morgan fingerprint density at radius 2 is 2.05 bits per heavy atom. The van der Waals surface area contributed by atoms with Crippen LogP contribution in [0.1, 0.15) is 29.8 Å². The molecule has 1 aliphatic carbocycles. The molecular weight excluding hydrogens is 286 g/mol. The van der Waals surface area contributed by atoms with E-state index in [2.05, 4.69) is 4.72 Å². The lowest BCUT2D eigenvalue weighted by molar-refractivity contribution is 0.0656. The van der Waals surface area contributed by atoms with Gasteiger partial charge >= 0.3 is 5.97 Å². The van der Waals surface area contributed by atoms with Crippen LogP contribution in [-0.2, 0) is 14.8 Å². The van der Waals surface area contributed by atoms with Crippen LogP contribution in [0.4, 0.5) is 0 Å². The lowest BCUT2D eigenvalue weighted by Crippen LogP contribution is -2.41. The SMILES string of the molecule is O=C(O)c1ccc(S(=O)(=O)NC2CCOC2C2CC2)o1. The van der Waals surface area contributed by atoms with Gasteiger partial charge in [-0.1, -0.05) is 0 Å². The number of hydrogen-bond acceptors (Lipinski definition) is 5. The fourth-order valence-corrected chi connectivity index (χ4v) is 3.68. The van der Waals surface area contributed by atoms with Crippen molar-refractivity contribution >= 4 is 16.0 Å². The number of carbonyl (C=O) groups is 1. The highest BCUT2D eigenvalue weighted by atomic mass is 32.2. The van der Waals surface area contributed by atoms with Crippen molar-refractivity contribution in [2.75, 3.05) is 6.61 Å². The van der Waals surface area contributed by atoms with Gasteiger partial charge in [0.05, 0.1) is 12.1 Å². The minimum absolute atomic E-state index is 0.0846. The number of hydrogen-bond donors (Lipinski definition) is 2. The molecule has 2 aliphatic rings. The maximum absolute atomic E-state index is 12.2. The third kappa shape index (κ3) is 2.58. The van der Waals surface area contributed by atoms with Crippen molar-refractivity contribution in [2.24, 2.45) is 5.92 Å². The summed E-state index contributed by atoms with van der Waals surface area (Å²) in [6, 6.07) is 2.00. The number of rotatable bonds is 5. The van der Waals surface area contributed by atoms with Gasteiger partial charge in [-0.3, -0.25) is 0 Å². The zero-order chi connectivity index (χ0) is 14.3. The first kappa shape index (κ1) is 13.6. The van der Waals surface area contributed by atoms with Crippen LogP contribution in [0.2, 0.25) is 0 Å². The highest BCUT2D eigenvalue weighted by Crippen LogP contribution is 2.39. The maximum atomic E-state index is 12.2. The normalized spacial score (nSPS) is 26.8. The molecule has 0 aromatic carbocycles. The molecule has 2 atom stereocenters. The third-order valence-corrected chi connectivity index (χ3v) is 4.95. The second kappa shape index (κ2) is 4.87. The summed E-state index contributed by atoms with van der Waals surface area (Å²) < 4.78 is 37.3. The molecule has 0 spiro atoms. The van der Waals surface area contributed by atoms with Crippen LogP contribution in [0.3, 0.4) is 0 Å². The topological polar surface area (TPSA) is 106 Å². The second-order valence-corrected chi connectivity index (χ2v) is 6.76. The first-order valence-corrected chi connectivity index (χ1v) is 7.93. The number of sulfonamides is 1. The van der Waals surface area contributed by atoms with Gasteiger partial charge in [0.15, 0.2) is 0 Å². The largest absolute Gasteiger partial charge is 0.475 e. The molecule has 2 fully saturated rings. The monoisotopic (exact) mass is 301 g/mol. The zero-order valence-corrected chi connectivity index (χ0v) is 11.4. The molecule has 3 rings (SSSR count). The summed E-state index contributed by atoms with van der Waals surface area (Å²) in [4.78, 5) is 10.7. The Morgan fingerprint density at radius 1 is 1.30 bits per heavy atom. The molecule has 2 N–H and O–H groups in total. The van der Waals surface area contributed by atoms with Crippen LogP contribution in [0.15, 0.2) is 21.6 Å². The van der Waals surface area contributed by atoms with Crippen molar-refractivity contribution in [3.8, 4) is 0 Å². The molecule has 1 saturated carbocycles. The van der Waals surface area contributed by atoms with E-state index in [1.54, 1.807) is 0 Å². The first-order valence-electron chi connectivity index (χ1n) is 6.44. The zero-order valence-electron chi connectivity index (χ0n) is 10.6. The Hall–Kier alpha value is -1.38. The van der Waals surface area contributed by atoms with E-state index in [1.807, 2.05) is 0 Å². The van der Waals surface area contributed by atoms with Gasteiger partial charge in [-0.15, -0.1) is 0 Å². The summed E-state index contributed by atoms with van der Waals surface area (Å²) >= 11 is 0. The molecule has 2 unspecified atom stereocenters. The minimum atomic E-state index is -3.86. The number of furan rings is 1. The summed E-state index contributed by atoms with van der Waals surface area (Å²) in [5, 5.41) is 8.36. The molecule has 110 valence electrons. The van der Waals surface area contributed by atoms with Crippen molar-refractivity contribution < 1.29 is 27.5 Å². The molecular formula is C12H15NO6S. The Bertz CT molecular complexity index is 618. The molecule has 1 saturated heterocycles. The smallest absolute Gasteiger partial charge is 0.371 e. The Balaban J connectivity index is 1.75. The van der Waals surface area contributed by atoms with E-state index < -0.39 is 21.8 Å². The van der Waals surface area contributed by atoms with E-state index in [1.165, 1.54) is 0 Å². The number of ether oxygens (including phenoxy) is 1. The highest BCUT2D eigenvalue weighted by molar-refractivity contribution is 7.89. The van der Waals surface area contributed by atoms with E-state index in [9.17, 15) is 13.2 Å². The summed E-state index contributed by atoms with van der Waals surface area (Å²) in [5.74, 6) is -1.27. The Labute approximate surface area is 116 Å².